The number of hydrogen-bond donors (Lipinski definition) is 1. The lowest BCUT2D eigenvalue weighted by atomic mass is 9.93. The summed E-state index contributed by atoms with van der Waals surface area (Å²) in [6, 6.07) is 39.0. The summed E-state index contributed by atoms with van der Waals surface area (Å²) in [5.74, 6) is 0. The normalized spacial score (nSPS) is 11.1. The van der Waals surface area contributed by atoms with E-state index in [0.717, 1.165) is 25.3 Å². The van der Waals surface area contributed by atoms with Gasteiger partial charge in [0.25, 0.3) is 0 Å². The van der Waals surface area contributed by atoms with Crippen LogP contribution in [0.5, 0.6) is 0 Å². The third-order valence-electron chi connectivity index (χ3n) is 6.47. The number of allylic oxidation sites excluding steroid dienone is 2. The van der Waals surface area contributed by atoms with Crippen LogP contribution in [0.4, 0.5) is 11.4 Å². The topological polar surface area (TPSA) is 15.3 Å². The fourth-order valence-corrected chi connectivity index (χ4v) is 4.53. The van der Waals surface area contributed by atoms with Crippen LogP contribution in [0, 0.1) is 0 Å². The molecule has 0 fully saturated rings. The number of anilines is 2. The van der Waals surface area contributed by atoms with E-state index in [-0.39, 0.29) is 0 Å². The van der Waals surface area contributed by atoms with Gasteiger partial charge in [-0.15, -0.1) is 0 Å². The quantitative estimate of drug-likeness (QED) is 0.233. The number of rotatable bonds is 10. The molecule has 182 valence electrons. The van der Waals surface area contributed by atoms with Crippen LogP contribution in [0.25, 0.3) is 11.1 Å². The Labute approximate surface area is 216 Å². The summed E-state index contributed by atoms with van der Waals surface area (Å²) >= 11 is 0. The van der Waals surface area contributed by atoms with Gasteiger partial charge in [0, 0.05) is 31.0 Å². The Bertz CT molecular complexity index is 1220. The van der Waals surface area contributed by atoms with E-state index in [1.54, 1.807) is 0 Å². The number of nitrogens with one attached hydrogen (secondary N) is 1. The van der Waals surface area contributed by atoms with Crippen LogP contribution in [0.1, 0.15) is 43.0 Å². The molecule has 0 aliphatic heterocycles. The first-order chi connectivity index (χ1) is 17.7. The van der Waals surface area contributed by atoms with E-state index < -0.39 is 0 Å². The molecular formula is C34H36N2. The molecule has 36 heavy (non-hydrogen) atoms. The van der Waals surface area contributed by atoms with Crippen LogP contribution in [-0.4, -0.2) is 19.6 Å². The summed E-state index contributed by atoms with van der Waals surface area (Å²) in [6.45, 7) is 9.45. The lowest BCUT2D eigenvalue weighted by Crippen LogP contribution is -2.21. The minimum absolute atomic E-state index is 0.912. The van der Waals surface area contributed by atoms with Gasteiger partial charge in [-0.2, -0.15) is 0 Å². The van der Waals surface area contributed by atoms with E-state index in [1.165, 1.54) is 39.1 Å². The first-order valence-electron chi connectivity index (χ1n) is 13.0. The number of hydrogen-bond acceptors (Lipinski definition) is 2. The van der Waals surface area contributed by atoms with Gasteiger partial charge in [-0.3, -0.25) is 0 Å². The molecule has 0 atom stereocenters. The highest BCUT2D eigenvalue weighted by atomic mass is 15.1. The predicted molar refractivity (Wildman–Crippen MR) is 158 cm³/mol. The van der Waals surface area contributed by atoms with E-state index in [2.05, 4.69) is 152 Å². The molecule has 0 spiro atoms. The summed E-state index contributed by atoms with van der Waals surface area (Å²) in [4.78, 5) is 2.38. The zero-order chi connectivity index (χ0) is 25.2. The lowest BCUT2D eigenvalue weighted by molar-refractivity contribution is 0.866. The molecule has 0 bridgehead atoms. The van der Waals surface area contributed by atoms with Crippen molar-refractivity contribution in [1.82, 2.24) is 0 Å². The van der Waals surface area contributed by atoms with Crippen LogP contribution < -0.4 is 10.2 Å². The molecule has 4 rings (SSSR count). The van der Waals surface area contributed by atoms with Crippen LogP contribution in [0.2, 0.25) is 0 Å². The monoisotopic (exact) mass is 472 g/mol. The minimum atomic E-state index is 0.912. The SMILES string of the molecule is CCNc1ccc(/C(=C/C=C(c2ccccc2)c2ccccc2)c2ccc(N(CC)CC)cc2)cc1. The van der Waals surface area contributed by atoms with Gasteiger partial charge in [0.1, 0.15) is 0 Å². The average Bonchev–Trinajstić information content (AvgIpc) is 2.94. The molecule has 4 aromatic carbocycles. The molecule has 0 aromatic heterocycles. The van der Waals surface area contributed by atoms with E-state index in [0.29, 0.717) is 0 Å². The molecule has 2 nitrogen and oxygen atoms in total. The first kappa shape index (κ1) is 25.1. The van der Waals surface area contributed by atoms with E-state index in [9.17, 15) is 0 Å². The summed E-state index contributed by atoms with van der Waals surface area (Å²) < 4.78 is 0. The molecule has 0 radical (unpaired) electrons. The average molecular weight is 473 g/mol. The van der Waals surface area contributed by atoms with Crippen molar-refractivity contribution < 1.29 is 0 Å². The van der Waals surface area contributed by atoms with Crippen molar-refractivity contribution in [3.8, 4) is 0 Å². The molecule has 0 saturated carbocycles. The zero-order valence-corrected chi connectivity index (χ0v) is 21.6. The Kier molecular flexibility index (Phi) is 8.77. The van der Waals surface area contributed by atoms with Crippen LogP contribution in [0.15, 0.2) is 121 Å². The largest absolute Gasteiger partial charge is 0.385 e. The highest BCUT2D eigenvalue weighted by molar-refractivity contribution is 5.86. The molecular weight excluding hydrogens is 436 g/mol. The zero-order valence-electron chi connectivity index (χ0n) is 21.6. The second-order valence-corrected chi connectivity index (χ2v) is 8.72. The van der Waals surface area contributed by atoms with Gasteiger partial charge in [-0.1, -0.05) is 97.1 Å². The molecule has 2 heteroatoms. The van der Waals surface area contributed by atoms with Gasteiger partial charge in [0.15, 0.2) is 0 Å². The second-order valence-electron chi connectivity index (χ2n) is 8.72. The van der Waals surface area contributed by atoms with Crippen LogP contribution >= 0.6 is 0 Å². The Morgan fingerprint density at radius 1 is 0.556 bits per heavy atom. The van der Waals surface area contributed by atoms with Crippen molar-refractivity contribution in [3.63, 3.8) is 0 Å². The lowest BCUT2D eigenvalue weighted by Gasteiger charge is -2.21. The fourth-order valence-electron chi connectivity index (χ4n) is 4.53. The van der Waals surface area contributed by atoms with Gasteiger partial charge >= 0.3 is 0 Å². The molecule has 0 amide bonds. The van der Waals surface area contributed by atoms with Crippen LogP contribution in [0.3, 0.4) is 0 Å². The Morgan fingerprint density at radius 3 is 1.39 bits per heavy atom. The molecule has 4 aromatic rings. The maximum Gasteiger partial charge on any atom is 0.0366 e. The first-order valence-corrected chi connectivity index (χ1v) is 13.0. The van der Waals surface area contributed by atoms with E-state index >= 15 is 0 Å². The minimum Gasteiger partial charge on any atom is -0.385 e. The standard InChI is InChI=1S/C34H36N2/c1-4-35-31-21-17-29(18-22-31)34(30-19-23-32(24-20-30)36(5-2)6-3)26-25-33(27-13-9-7-10-14-27)28-15-11-8-12-16-28/h7-26,35H,4-6H2,1-3H3/b34-26-. The van der Waals surface area contributed by atoms with Gasteiger partial charge in [0.2, 0.25) is 0 Å². The van der Waals surface area contributed by atoms with Crippen molar-refractivity contribution in [1.29, 1.82) is 0 Å². The van der Waals surface area contributed by atoms with E-state index in [4.69, 9.17) is 0 Å². The maximum atomic E-state index is 3.40. The molecule has 0 aliphatic carbocycles. The highest BCUT2D eigenvalue weighted by Gasteiger charge is 2.09. The smallest absolute Gasteiger partial charge is 0.0366 e. The Balaban J connectivity index is 1.82. The molecule has 1 N–H and O–H groups in total. The summed E-state index contributed by atoms with van der Waals surface area (Å²) in [6.07, 6.45) is 4.53. The van der Waals surface area contributed by atoms with Crippen LogP contribution in [-0.2, 0) is 0 Å². The van der Waals surface area contributed by atoms with Crippen molar-refractivity contribution in [2.24, 2.45) is 0 Å². The third-order valence-corrected chi connectivity index (χ3v) is 6.47. The fraction of sp³-hybridized carbons (Fsp3) is 0.176. The third kappa shape index (κ3) is 6.14. The molecule has 0 saturated heterocycles. The highest BCUT2D eigenvalue weighted by Crippen LogP contribution is 2.29. The molecule has 0 aliphatic rings. The predicted octanol–water partition coefficient (Wildman–Crippen LogP) is 8.53. The van der Waals surface area contributed by atoms with Gasteiger partial charge < -0.3 is 10.2 Å². The van der Waals surface area contributed by atoms with E-state index in [1.807, 2.05) is 0 Å². The summed E-state index contributed by atoms with van der Waals surface area (Å²) in [7, 11) is 0. The van der Waals surface area contributed by atoms with Crippen molar-refractivity contribution >= 4 is 22.5 Å². The van der Waals surface area contributed by atoms with Gasteiger partial charge in [0.05, 0.1) is 0 Å². The Morgan fingerprint density at radius 2 is 0.972 bits per heavy atom. The Hall–Kier alpha value is -4.04. The molecule has 0 unspecified atom stereocenters. The summed E-state index contributed by atoms with van der Waals surface area (Å²) in [5, 5.41) is 3.40. The summed E-state index contributed by atoms with van der Waals surface area (Å²) in [5.41, 5.74) is 9.63. The van der Waals surface area contributed by atoms with Crippen molar-refractivity contribution in [2.45, 2.75) is 20.8 Å². The van der Waals surface area contributed by atoms with Crippen molar-refractivity contribution in [2.75, 3.05) is 29.9 Å². The number of benzene rings is 4. The van der Waals surface area contributed by atoms with Gasteiger partial charge in [-0.05, 0) is 78.4 Å². The molecule has 0 heterocycles. The van der Waals surface area contributed by atoms with Gasteiger partial charge in [-0.25, -0.2) is 0 Å². The maximum absolute atomic E-state index is 3.40. The van der Waals surface area contributed by atoms with Crippen molar-refractivity contribution in [3.05, 3.63) is 144 Å². The number of nitrogens with zero attached hydrogens (tertiary/aromatic N) is 1. The second kappa shape index (κ2) is 12.6.